The van der Waals surface area contributed by atoms with Gasteiger partial charge in [0.15, 0.2) is 11.5 Å². The largest absolute Gasteiger partial charge is 0.416 e. The van der Waals surface area contributed by atoms with Crippen LogP contribution in [0.4, 0.5) is 19.0 Å². The molecule has 3 aromatic rings. The summed E-state index contributed by atoms with van der Waals surface area (Å²) in [5.74, 6) is 0.454. The number of alkyl halides is 3. The molecule has 2 N–H and O–H groups in total. The Hall–Kier alpha value is -2.69. The van der Waals surface area contributed by atoms with Gasteiger partial charge in [-0.1, -0.05) is 12.1 Å². The third-order valence-electron chi connectivity index (χ3n) is 4.01. The number of H-pyrrole nitrogens is 1. The van der Waals surface area contributed by atoms with Gasteiger partial charge in [-0.05, 0) is 31.5 Å². The quantitative estimate of drug-likeness (QED) is 0.706. The maximum absolute atomic E-state index is 12.8. The average molecular weight is 399 g/mol. The summed E-state index contributed by atoms with van der Waals surface area (Å²) >= 11 is 0. The minimum absolute atomic E-state index is 0.0957. The summed E-state index contributed by atoms with van der Waals surface area (Å²) in [5, 5.41) is 4.42. The number of fused-ring (bicyclic) bond motifs is 1. The second kappa shape index (κ2) is 6.80. The molecule has 0 saturated carbocycles. The molecule has 7 nitrogen and oxygen atoms in total. The van der Waals surface area contributed by atoms with Crippen LogP contribution in [0.25, 0.3) is 11.0 Å². The van der Waals surface area contributed by atoms with Crippen molar-refractivity contribution in [3.8, 4) is 0 Å². The number of hydrogen-bond acceptors (Lipinski definition) is 4. The van der Waals surface area contributed by atoms with E-state index in [-0.39, 0.29) is 16.9 Å². The highest BCUT2D eigenvalue weighted by molar-refractivity contribution is 7.85. The van der Waals surface area contributed by atoms with Gasteiger partial charge in [-0.3, -0.25) is 9.52 Å². The molecule has 11 heteroatoms. The molecule has 0 saturated heterocycles. The zero-order valence-corrected chi connectivity index (χ0v) is 15.4. The maximum Gasteiger partial charge on any atom is 0.416 e. The Morgan fingerprint density at radius 2 is 1.89 bits per heavy atom. The van der Waals surface area contributed by atoms with Crippen molar-refractivity contribution < 1.29 is 17.4 Å². The molecule has 0 aliphatic heterocycles. The third-order valence-corrected chi connectivity index (χ3v) is 4.49. The topological polar surface area (TPSA) is 92.7 Å². The lowest BCUT2D eigenvalue weighted by molar-refractivity contribution is -0.137. The number of anilines is 1. The minimum Gasteiger partial charge on any atom is -0.310 e. The summed E-state index contributed by atoms with van der Waals surface area (Å²) in [5.41, 5.74) is -0.401. The van der Waals surface area contributed by atoms with Crippen LogP contribution in [-0.2, 0) is 17.2 Å². The van der Waals surface area contributed by atoms with Gasteiger partial charge in [-0.2, -0.15) is 18.3 Å². The standard InChI is InChI=1S/C16H16F3N5O2S/c1-8(10-4-6-11(7-5-10)16(17,18)19)24-14-12(13(22-24)23-27(3)26)15(25)21-9(2)20-14/h4-8H,1-3H3,(H,22,23)(H,20,21,25). The summed E-state index contributed by atoms with van der Waals surface area (Å²) in [6, 6.07) is 4.18. The molecule has 0 spiro atoms. The van der Waals surface area contributed by atoms with Crippen LogP contribution in [0, 0.1) is 6.92 Å². The summed E-state index contributed by atoms with van der Waals surface area (Å²) < 4.78 is 53.8. The van der Waals surface area contributed by atoms with Crippen LogP contribution < -0.4 is 10.3 Å². The van der Waals surface area contributed by atoms with Gasteiger partial charge in [0.25, 0.3) is 5.56 Å². The number of rotatable bonds is 4. The molecule has 2 aromatic heterocycles. The molecule has 0 aliphatic carbocycles. The Morgan fingerprint density at radius 3 is 2.44 bits per heavy atom. The van der Waals surface area contributed by atoms with Crippen molar-refractivity contribution in [2.75, 3.05) is 11.0 Å². The fourth-order valence-electron chi connectivity index (χ4n) is 2.72. The van der Waals surface area contributed by atoms with Crippen molar-refractivity contribution >= 4 is 27.8 Å². The third kappa shape index (κ3) is 3.72. The van der Waals surface area contributed by atoms with Crippen molar-refractivity contribution in [1.29, 1.82) is 0 Å². The maximum atomic E-state index is 12.8. The van der Waals surface area contributed by atoms with E-state index in [0.717, 1.165) is 12.1 Å². The highest BCUT2D eigenvalue weighted by atomic mass is 32.2. The zero-order chi connectivity index (χ0) is 19.9. The number of nitrogens with zero attached hydrogens (tertiary/aromatic N) is 3. The molecule has 0 aliphatic rings. The molecular weight excluding hydrogens is 383 g/mol. The minimum atomic E-state index is -4.42. The Bertz CT molecular complexity index is 1070. The molecule has 0 amide bonds. The first-order chi connectivity index (χ1) is 12.6. The first kappa shape index (κ1) is 19.1. The molecule has 27 heavy (non-hydrogen) atoms. The molecule has 2 heterocycles. The number of nitrogens with one attached hydrogen (secondary N) is 2. The zero-order valence-electron chi connectivity index (χ0n) is 14.6. The van der Waals surface area contributed by atoms with Crippen LogP contribution in [0.15, 0.2) is 29.1 Å². The van der Waals surface area contributed by atoms with E-state index in [0.29, 0.717) is 11.4 Å². The first-order valence-electron chi connectivity index (χ1n) is 7.84. The second-order valence-electron chi connectivity index (χ2n) is 6.00. The predicted molar refractivity (Wildman–Crippen MR) is 95.8 cm³/mol. The fraction of sp³-hybridized carbons (Fsp3) is 0.312. The predicted octanol–water partition coefficient (Wildman–Crippen LogP) is 2.76. The van der Waals surface area contributed by atoms with E-state index in [1.54, 1.807) is 13.8 Å². The van der Waals surface area contributed by atoms with E-state index >= 15 is 0 Å². The SMILES string of the molecule is Cc1nc2c(c(NS(C)=O)nn2C(C)c2ccc(C(F)(F)F)cc2)c(=O)[nH]1. The van der Waals surface area contributed by atoms with Crippen LogP contribution in [0.1, 0.15) is 29.9 Å². The highest BCUT2D eigenvalue weighted by Gasteiger charge is 2.30. The van der Waals surface area contributed by atoms with Crippen LogP contribution in [0.3, 0.4) is 0 Å². The molecule has 2 atom stereocenters. The molecular formula is C16H16F3N5O2S. The van der Waals surface area contributed by atoms with Gasteiger partial charge in [0.05, 0.1) is 11.6 Å². The van der Waals surface area contributed by atoms with E-state index in [1.807, 2.05) is 0 Å². The monoisotopic (exact) mass is 399 g/mol. The lowest BCUT2D eigenvalue weighted by Gasteiger charge is -2.15. The second-order valence-corrected chi connectivity index (χ2v) is 7.11. The van der Waals surface area contributed by atoms with Crippen molar-refractivity contribution in [2.24, 2.45) is 0 Å². The summed E-state index contributed by atoms with van der Waals surface area (Å²) in [7, 11) is -1.48. The van der Waals surface area contributed by atoms with E-state index in [4.69, 9.17) is 0 Å². The average Bonchev–Trinajstić information content (AvgIpc) is 2.91. The lowest BCUT2D eigenvalue weighted by atomic mass is 10.1. The van der Waals surface area contributed by atoms with E-state index in [1.165, 1.54) is 23.1 Å². The summed E-state index contributed by atoms with van der Waals surface area (Å²) in [6.07, 6.45) is -3.03. The van der Waals surface area contributed by atoms with Crippen LogP contribution in [0.2, 0.25) is 0 Å². The summed E-state index contributed by atoms with van der Waals surface area (Å²) in [6.45, 7) is 3.33. The van der Waals surface area contributed by atoms with Crippen molar-refractivity contribution in [3.05, 3.63) is 51.6 Å². The van der Waals surface area contributed by atoms with Gasteiger partial charge in [-0.25, -0.2) is 13.9 Å². The van der Waals surface area contributed by atoms with Crippen LogP contribution in [0.5, 0.6) is 0 Å². The Morgan fingerprint density at radius 1 is 1.26 bits per heavy atom. The Balaban J connectivity index is 2.13. The molecule has 1 aromatic carbocycles. The number of aromatic nitrogens is 4. The number of aryl methyl sites for hydroxylation is 1. The van der Waals surface area contributed by atoms with E-state index in [2.05, 4.69) is 19.8 Å². The van der Waals surface area contributed by atoms with E-state index < -0.39 is 34.3 Å². The summed E-state index contributed by atoms with van der Waals surface area (Å²) in [4.78, 5) is 19.2. The highest BCUT2D eigenvalue weighted by Crippen LogP contribution is 2.31. The van der Waals surface area contributed by atoms with Crippen molar-refractivity contribution in [3.63, 3.8) is 0 Å². The molecule has 0 fully saturated rings. The number of halogens is 3. The van der Waals surface area contributed by atoms with Crippen molar-refractivity contribution in [1.82, 2.24) is 19.7 Å². The first-order valence-corrected chi connectivity index (χ1v) is 9.40. The van der Waals surface area contributed by atoms with Crippen LogP contribution in [-0.4, -0.2) is 30.2 Å². The number of aromatic amines is 1. The normalized spacial score (nSPS) is 14.3. The van der Waals surface area contributed by atoms with Gasteiger partial charge in [0.2, 0.25) is 0 Å². The van der Waals surface area contributed by atoms with Gasteiger partial charge in [0.1, 0.15) is 22.2 Å². The molecule has 144 valence electrons. The van der Waals surface area contributed by atoms with Gasteiger partial charge < -0.3 is 4.98 Å². The number of benzene rings is 1. The number of hydrogen-bond donors (Lipinski definition) is 2. The molecule has 0 bridgehead atoms. The van der Waals surface area contributed by atoms with Gasteiger partial charge in [0, 0.05) is 6.26 Å². The molecule has 2 unspecified atom stereocenters. The Labute approximate surface area is 154 Å². The molecule has 0 radical (unpaired) electrons. The fourth-order valence-corrected chi connectivity index (χ4v) is 3.14. The smallest absolute Gasteiger partial charge is 0.310 e. The van der Waals surface area contributed by atoms with Gasteiger partial charge >= 0.3 is 6.18 Å². The van der Waals surface area contributed by atoms with Crippen LogP contribution >= 0.6 is 0 Å². The Kier molecular flexibility index (Phi) is 4.81. The van der Waals surface area contributed by atoms with Crippen molar-refractivity contribution in [2.45, 2.75) is 26.1 Å². The lowest BCUT2D eigenvalue weighted by Crippen LogP contribution is -2.13. The molecule has 3 rings (SSSR count). The van der Waals surface area contributed by atoms with E-state index in [9.17, 15) is 22.2 Å². The van der Waals surface area contributed by atoms with Gasteiger partial charge in [-0.15, -0.1) is 0 Å².